The number of benzene rings is 2. The van der Waals surface area contributed by atoms with E-state index in [1.54, 1.807) is 0 Å². The summed E-state index contributed by atoms with van der Waals surface area (Å²) in [7, 11) is 0. The lowest BCUT2D eigenvalue weighted by Gasteiger charge is -2.36. The maximum Gasteiger partial charge on any atom is 0.130 e. The summed E-state index contributed by atoms with van der Waals surface area (Å²) < 4.78 is 5.87. The second-order valence-electron chi connectivity index (χ2n) is 6.57. The van der Waals surface area contributed by atoms with E-state index in [1.165, 1.54) is 16.5 Å². The molecule has 3 heteroatoms. The number of aromatic nitrogens is 1. The molecule has 1 aliphatic heterocycles. The van der Waals surface area contributed by atoms with Gasteiger partial charge in [0.25, 0.3) is 0 Å². The van der Waals surface area contributed by atoms with Crippen LogP contribution in [-0.2, 0) is 4.74 Å². The monoisotopic (exact) mass is 318 g/mol. The number of rotatable bonds is 2. The smallest absolute Gasteiger partial charge is 0.130 e. The topological polar surface area (TPSA) is 25.4 Å². The molecule has 1 aliphatic rings. The number of hydrogen-bond donors (Lipinski definition) is 0. The lowest BCUT2D eigenvalue weighted by atomic mass is 10.0. The van der Waals surface area contributed by atoms with Crippen LogP contribution in [0, 0.1) is 0 Å². The van der Waals surface area contributed by atoms with Crippen molar-refractivity contribution in [2.24, 2.45) is 0 Å². The molecule has 3 nitrogen and oxygen atoms in total. The van der Waals surface area contributed by atoms with E-state index in [4.69, 9.17) is 9.72 Å². The molecule has 0 unspecified atom stereocenters. The van der Waals surface area contributed by atoms with Crippen LogP contribution < -0.4 is 4.90 Å². The van der Waals surface area contributed by atoms with Gasteiger partial charge in [0.1, 0.15) is 5.82 Å². The molecular weight excluding hydrogens is 296 g/mol. The number of ether oxygens (including phenoxy) is 1. The average molecular weight is 318 g/mol. The van der Waals surface area contributed by atoms with E-state index >= 15 is 0 Å². The van der Waals surface area contributed by atoms with Gasteiger partial charge in [-0.1, -0.05) is 48.5 Å². The third-order valence-electron chi connectivity index (χ3n) is 4.53. The normalized spacial score (nSPS) is 21.2. The Morgan fingerprint density at radius 3 is 2.33 bits per heavy atom. The van der Waals surface area contributed by atoms with Crippen molar-refractivity contribution in [2.45, 2.75) is 26.1 Å². The fraction of sp³-hybridized carbons (Fsp3) is 0.286. The minimum atomic E-state index is 0.224. The van der Waals surface area contributed by atoms with Crippen molar-refractivity contribution < 1.29 is 4.74 Å². The fourth-order valence-electron chi connectivity index (χ4n) is 3.54. The molecule has 4 rings (SSSR count). The van der Waals surface area contributed by atoms with Crippen molar-refractivity contribution in [2.75, 3.05) is 18.0 Å². The number of anilines is 1. The highest BCUT2D eigenvalue weighted by Crippen LogP contribution is 2.32. The molecule has 24 heavy (non-hydrogen) atoms. The molecule has 0 N–H and O–H groups in total. The van der Waals surface area contributed by atoms with Gasteiger partial charge in [0.15, 0.2) is 0 Å². The highest BCUT2D eigenvalue weighted by atomic mass is 16.5. The molecular formula is C21H22N2O. The summed E-state index contributed by atoms with van der Waals surface area (Å²) in [6.07, 6.45) is 0.449. The van der Waals surface area contributed by atoms with Crippen molar-refractivity contribution >= 4 is 16.7 Å². The molecule has 1 aromatic heterocycles. The fourth-order valence-corrected chi connectivity index (χ4v) is 3.54. The third kappa shape index (κ3) is 2.87. The minimum absolute atomic E-state index is 0.224. The lowest BCUT2D eigenvalue weighted by molar-refractivity contribution is -0.00544. The van der Waals surface area contributed by atoms with E-state index in [0.717, 1.165) is 24.4 Å². The predicted molar refractivity (Wildman–Crippen MR) is 99.4 cm³/mol. The van der Waals surface area contributed by atoms with Gasteiger partial charge in [0.2, 0.25) is 0 Å². The third-order valence-corrected chi connectivity index (χ3v) is 4.53. The van der Waals surface area contributed by atoms with Gasteiger partial charge in [-0.15, -0.1) is 0 Å². The van der Waals surface area contributed by atoms with Crippen LogP contribution in [-0.4, -0.2) is 30.3 Å². The number of nitrogens with zero attached hydrogens (tertiary/aromatic N) is 2. The molecule has 122 valence electrons. The number of morpholine rings is 1. The van der Waals surface area contributed by atoms with Crippen LogP contribution >= 0.6 is 0 Å². The molecule has 0 amide bonds. The summed E-state index contributed by atoms with van der Waals surface area (Å²) >= 11 is 0. The van der Waals surface area contributed by atoms with E-state index in [2.05, 4.69) is 79.4 Å². The highest BCUT2D eigenvalue weighted by molar-refractivity contribution is 5.96. The zero-order valence-electron chi connectivity index (χ0n) is 14.1. The van der Waals surface area contributed by atoms with E-state index in [9.17, 15) is 0 Å². The lowest BCUT2D eigenvalue weighted by Crippen LogP contribution is -2.45. The van der Waals surface area contributed by atoms with Gasteiger partial charge >= 0.3 is 0 Å². The molecule has 2 aromatic carbocycles. The van der Waals surface area contributed by atoms with Crippen LogP contribution in [0.3, 0.4) is 0 Å². The number of hydrogen-bond acceptors (Lipinski definition) is 3. The van der Waals surface area contributed by atoms with Crippen LogP contribution in [0.2, 0.25) is 0 Å². The van der Waals surface area contributed by atoms with Gasteiger partial charge in [0, 0.05) is 18.5 Å². The Morgan fingerprint density at radius 2 is 1.58 bits per heavy atom. The molecule has 3 aromatic rings. The molecule has 0 spiro atoms. The number of fused-ring (bicyclic) bond motifs is 1. The van der Waals surface area contributed by atoms with Crippen molar-refractivity contribution in [3.05, 3.63) is 60.7 Å². The van der Waals surface area contributed by atoms with Crippen molar-refractivity contribution in [3.63, 3.8) is 0 Å². The number of pyridine rings is 1. The SMILES string of the molecule is C[C@@H]1CN(c2cc(-c3ccccc3)c3ccccc3n2)C[C@H](C)O1. The van der Waals surface area contributed by atoms with Crippen LogP contribution in [0.15, 0.2) is 60.7 Å². The van der Waals surface area contributed by atoms with Gasteiger partial charge in [-0.25, -0.2) is 4.98 Å². The molecule has 2 heterocycles. The average Bonchev–Trinajstić information content (AvgIpc) is 2.61. The van der Waals surface area contributed by atoms with Gasteiger partial charge in [0.05, 0.1) is 17.7 Å². The van der Waals surface area contributed by atoms with Crippen LogP contribution in [0.5, 0.6) is 0 Å². The van der Waals surface area contributed by atoms with E-state index in [1.807, 2.05) is 0 Å². The van der Waals surface area contributed by atoms with E-state index in [-0.39, 0.29) is 12.2 Å². The zero-order chi connectivity index (χ0) is 16.5. The van der Waals surface area contributed by atoms with Crippen molar-refractivity contribution in [1.82, 2.24) is 4.98 Å². The first-order valence-corrected chi connectivity index (χ1v) is 8.56. The predicted octanol–water partition coefficient (Wildman–Crippen LogP) is 4.52. The Kier molecular flexibility index (Phi) is 3.95. The number of para-hydroxylation sites is 1. The van der Waals surface area contributed by atoms with Crippen LogP contribution in [0.1, 0.15) is 13.8 Å². The van der Waals surface area contributed by atoms with E-state index < -0.39 is 0 Å². The first-order chi connectivity index (χ1) is 11.7. The summed E-state index contributed by atoms with van der Waals surface area (Å²) in [6.45, 7) is 6.01. The first-order valence-electron chi connectivity index (χ1n) is 8.56. The maximum absolute atomic E-state index is 5.87. The summed E-state index contributed by atoms with van der Waals surface area (Å²) in [5.41, 5.74) is 3.51. The highest BCUT2D eigenvalue weighted by Gasteiger charge is 2.24. The van der Waals surface area contributed by atoms with Crippen molar-refractivity contribution in [1.29, 1.82) is 0 Å². The maximum atomic E-state index is 5.87. The van der Waals surface area contributed by atoms with Crippen molar-refractivity contribution in [3.8, 4) is 11.1 Å². The Bertz CT molecular complexity index is 837. The zero-order valence-corrected chi connectivity index (χ0v) is 14.1. The largest absolute Gasteiger partial charge is 0.372 e. The molecule has 1 saturated heterocycles. The molecule has 1 fully saturated rings. The molecule has 0 saturated carbocycles. The van der Waals surface area contributed by atoms with Gasteiger partial charge < -0.3 is 9.64 Å². The van der Waals surface area contributed by atoms with E-state index in [0.29, 0.717) is 0 Å². The van der Waals surface area contributed by atoms with Gasteiger partial charge in [-0.3, -0.25) is 0 Å². The Labute approximate surface area is 142 Å². The second kappa shape index (κ2) is 6.25. The molecule has 0 aliphatic carbocycles. The molecule has 2 atom stereocenters. The molecule has 0 radical (unpaired) electrons. The summed E-state index contributed by atoms with van der Waals surface area (Å²) in [4.78, 5) is 7.27. The minimum Gasteiger partial charge on any atom is -0.372 e. The Balaban J connectivity index is 1.86. The summed E-state index contributed by atoms with van der Waals surface area (Å²) in [6, 6.07) is 21.2. The Morgan fingerprint density at radius 1 is 0.917 bits per heavy atom. The van der Waals surface area contributed by atoms with Crippen LogP contribution in [0.4, 0.5) is 5.82 Å². The molecule has 0 bridgehead atoms. The Hall–Kier alpha value is -2.39. The summed E-state index contributed by atoms with van der Waals surface area (Å²) in [5, 5.41) is 1.20. The first kappa shape index (κ1) is 15.2. The quantitative estimate of drug-likeness (QED) is 0.695. The second-order valence-corrected chi connectivity index (χ2v) is 6.57. The summed E-state index contributed by atoms with van der Waals surface area (Å²) in [5.74, 6) is 1.04. The van der Waals surface area contributed by atoms with Crippen LogP contribution in [0.25, 0.3) is 22.0 Å². The van der Waals surface area contributed by atoms with Gasteiger partial charge in [-0.2, -0.15) is 0 Å². The van der Waals surface area contributed by atoms with Gasteiger partial charge in [-0.05, 0) is 37.1 Å². The standard InChI is InChI=1S/C21H22N2O/c1-15-13-23(14-16(2)24-15)21-12-19(17-8-4-3-5-9-17)18-10-6-7-11-20(18)22-21/h3-12,15-16H,13-14H2,1-2H3/t15-,16+.